The Morgan fingerprint density at radius 2 is 2.00 bits per heavy atom. The molecule has 2 heterocycles. The van der Waals surface area contributed by atoms with Crippen molar-refractivity contribution in [1.29, 1.82) is 0 Å². The summed E-state index contributed by atoms with van der Waals surface area (Å²) in [6, 6.07) is 11.9. The zero-order chi connectivity index (χ0) is 15.4. The van der Waals surface area contributed by atoms with Crippen molar-refractivity contribution in [2.24, 2.45) is 0 Å². The van der Waals surface area contributed by atoms with Crippen LogP contribution in [-0.2, 0) is 11.2 Å². The number of carbonyl (C=O) groups is 2. The van der Waals surface area contributed by atoms with Crippen molar-refractivity contribution in [1.82, 2.24) is 20.6 Å². The summed E-state index contributed by atoms with van der Waals surface area (Å²) in [4.78, 5) is 26.7. The van der Waals surface area contributed by atoms with Gasteiger partial charge in [-0.05, 0) is 23.4 Å². The Morgan fingerprint density at radius 1 is 1.18 bits per heavy atom. The molecule has 0 aliphatic rings. The number of hydrogen-bond acceptors (Lipinski definition) is 7. The first-order valence-electron chi connectivity index (χ1n) is 6.33. The number of aromatic nitrogens is 4. The van der Waals surface area contributed by atoms with Gasteiger partial charge < -0.3 is 0 Å². The van der Waals surface area contributed by atoms with Crippen LogP contribution in [0.4, 0.5) is 0 Å². The molecule has 0 spiro atoms. The molecule has 6 nitrogen and oxygen atoms in total. The number of nitrogens with zero attached hydrogens (tertiary/aromatic N) is 3. The number of ketones is 2. The van der Waals surface area contributed by atoms with Gasteiger partial charge in [-0.1, -0.05) is 30.0 Å². The highest BCUT2D eigenvalue weighted by Gasteiger charge is 2.21. The van der Waals surface area contributed by atoms with Gasteiger partial charge >= 0.3 is 0 Å². The maximum Gasteiger partial charge on any atom is 0.269 e. The lowest BCUT2D eigenvalue weighted by Crippen LogP contribution is -2.17. The molecular formula is C14H10N4O2S2. The van der Waals surface area contributed by atoms with E-state index in [-0.39, 0.29) is 12.2 Å². The number of carbonyl (C=O) groups excluding carboxylic acids is 2. The lowest BCUT2D eigenvalue weighted by Gasteiger charge is -1.97. The van der Waals surface area contributed by atoms with Crippen LogP contribution in [0.2, 0.25) is 0 Å². The summed E-state index contributed by atoms with van der Waals surface area (Å²) in [7, 11) is 0. The van der Waals surface area contributed by atoms with Gasteiger partial charge in [0.05, 0.1) is 0 Å². The van der Waals surface area contributed by atoms with E-state index in [1.807, 2.05) is 41.8 Å². The molecule has 8 heteroatoms. The smallest absolute Gasteiger partial charge is 0.269 e. The molecule has 0 radical (unpaired) electrons. The minimum absolute atomic E-state index is 0.0490. The van der Waals surface area contributed by atoms with E-state index in [9.17, 15) is 9.59 Å². The molecule has 3 rings (SSSR count). The van der Waals surface area contributed by atoms with E-state index in [1.165, 1.54) is 11.3 Å². The van der Waals surface area contributed by atoms with Crippen LogP contribution in [0.15, 0.2) is 51.6 Å². The maximum atomic E-state index is 11.9. The van der Waals surface area contributed by atoms with E-state index in [0.717, 1.165) is 14.7 Å². The van der Waals surface area contributed by atoms with Crippen LogP contribution in [-0.4, -0.2) is 32.2 Å². The summed E-state index contributed by atoms with van der Waals surface area (Å²) in [5, 5.41) is 14.4. The Labute approximate surface area is 134 Å². The molecule has 1 N–H and O–H groups in total. The molecular weight excluding hydrogens is 320 g/mol. The van der Waals surface area contributed by atoms with Crippen LogP contribution in [0.3, 0.4) is 0 Å². The van der Waals surface area contributed by atoms with Gasteiger partial charge in [-0.2, -0.15) is 5.21 Å². The van der Waals surface area contributed by atoms with Crippen molar-refractivity contribution >= 4 is 34.7 Å². The average Bonchev–Trinajstić information content (AvgIpc) is 3.19. The van der Waals surface area contributed by atoms with Gasteiger partial charge in [-0.3, -0.25) is 9.59 Å². The number of thiophene rings is 1. The summed E-state index contributed by atoms with van der Waals surface area (Å²) in [5.41, 5.74) is 0. The van der Waals surface area contributed by atoms with Crippen LogP contribution >= 0.6 is 23.1 Å². The summed E-state index contributed by atoms with van der Waals surface area (Å²) >= 11 is 3.07. The fourth-order valence-corrected chi connectivity index (χ4v) is 3.68. The predicted octanol–water partition coefficient (Wildman–Crippen LogP) is 2.41. The largest absolute Gasteiger partial charge is 0.290 e. The number of hydrogen-bond donors (Lipinski definition) is 1. The van der Waals surface area contributed by atoms with E-state index < -0.39 is 11.6 Å². The monoisotopic (exact) mass is 330 g/mol. The van der Waals surface area contributed by atoms with Crippen molar-refractivity contribution in [2.45, 2.75) is 16.2 Å². The van der Waals surface area contributed by atoms with E-state index in [4.69, 9.17) is 0 Å². The molecule has 22 heavy (non-hydrogen) atoms. The lowest BCUT2D eigenvalue weighted by molar-refractivity contribution is -0.114. The summed E-state index contributed by atoms with van der Waals surface area (Å²) in [6.45, 7) is 0. The van der Waals surface area contributed by atoms with Gasteiger partial charge in [-0.15, -0.1) is 21.5 Å². The minimum Gasteiger partial charge on any atom is -0.290 e. The van der Waals surface area contributed by atoms with Crippen LogP contribution in [0.1, 0.15) is 15.5 Å². The Kier molecular flexibility index (Phi) is 4.40. The highest BCUT2D eigenvalue weighted by atomic mass is 32.2. The number of benzene rings is 1. The third-order valence-electron chi connectivity index (χ3n) is 2.75. The normalized spacial score (nSPS) is 10.5. The number of aromatic amines is 1. The number of rotatable bonds is 6. The molecule has 2 aromatic heterocycles. The van der Waals surface area contributed by atoms with E-state index in [0.29, 0.717) is 0 Å². The molecule has 0 saturated carbocycles. The summed E-state index contributed by atoms with van der Waals surface area (Å²) in [5.74, 6) is -1.46. The van der Waals surface area contributed by atoms with Gasteiger partial charge in [-0.25, -0.2) is 0 Å². The van der Waals surface area contributed by atoms with Crippen molar-refractivity contribution < 1.29 is 9.59 Å². The Morgan fingerprint density at radius 3 is 2.73 bits per heavy atom. The molecule has 0 amide bonds. The van der Waals surface area contributed by atoms with Gasteiger partial charge in [0.15, 0.2) is 0 Å². The number of nitrogens with one attached hydrogen (secondary N) is 1. The Bertz CT molecular complexity index is 784. The van der Waals surface area contributed by atoms with Gasteiger partial charge in [0.1, 0.15) is 0 Å². The van der Waals surface area contributed by atoms with Crippen LogP contribution < -0.4 is 0 Å². The van der Waals surface area contributed by atoms with Crippen LogP contribution in [0, 0.1) is 0 Å². The second-order valence-corrected chi connectivity index (χ2v) is 6.47. The van der Waals surface area contributed by atoms with Gasteiger partial charge in [0.2, 0.25) is 11.6 Å². The maximum absolute atomic E-state index is 11.9. The summed E-state index contributed by atoms with van der Waals surface area (Å²) < 4.78 is 0. The molecule has 0 unspecified atom stereocenters. The fourth-order valence-electron chi connectivity index (χ4n) is 1.75. The van der Waals surface area contributed by atoms with Crippen molar-refractivity contribution in [3.8, 4) is 0 Å². The molecule has 110 valence electrons. The Hall–Kier alpha value is -2.32. The second-order valence-electron chi connectivity index (χ2n) is 4.33. The average molecular weight is 330 g/mol. The van der Waals surface area contributed by atoms with Crippen LogP contribution in [0.25, 0.3) is 0 Å². The first kappa shape index (κ1) is 14.6. The van der Waals surface area contributed by atoms with Gasteiger partial charge in [0.25, 0.3) is 5.78 Å². The number of tetrazole rings is 1. The fraction of sp³-hybridized carbons (Fsp3) is 0.0714. The minimum atomic E-state index is -0.723. The van der Waals surface area contributed by atoms with Crippen molar-refractivity contribution in [2.75, 3.05) is 0 Å². The zero-order valence-corrected chi connectivity index (χ0v) is 12.9. The number of Topliss-reactive ketones (excluding diaryl/α,β-unsaturated/α-hetero) is 2. The third-order valence-corrected chi connectivity index (χ3v) is 4.81. The molecule has 0 bridgehead atoms. The SMILES string of the molecule is O=C(Cc1cc(Sc2ccccc2)cs1)C(=O)c1nn[nH]n1. The standard InChI is InChI=1S/C14H10N4O2S2/c19-12(13(20)14-15-17-18-16-14)7-10-6-11(8-21-10)22-9-4-2-1-3-5-9/h1-6,8H,7H2,(H,15,16,17,18). The van der Waals surface area contributed by atoms with E-state index in [2.05, 4.69) is 20.6 Å². The molecule has 0 saturated heterocycles. The first-order valence-corrected chi connectivity index (χ1v) is 8.03. The molecule has 0 aliphatic heterocycles. The highest BCUT2D eigenvalue weighted by molar-refractivity contribution is 7.99. The molecule has 3 aromatic rings. The van der Waals surface area contributed by atoms with Gasteiger partial charge in [0, 0.05) is 26.5 Å². The quantitative estimate of drug-likeness (QED) is 0.551. The third kappa shape index (κ3) is 3.46. The number of H-pyrrole nitrogens is 1. The molecule has 1 aromatic carbocycles. The molecule has 0 aliphatic carbocycles. The topological polar surface area (TPSA) is 88.6 Å². The predicted molar refractivity (Wildman–Crippen MR) is 82.1 cm³/mol. The van der Waals surface area contributed by atoms with E-state index in [1.54, 1.807) is 11.8 Å². The molecule has 0 fully saturated rings. The highest BCUT2D eigenvalue weighted by Crippen LogP contribution is 2.31. The molecule has 0 atom stereocenters. The van der Waals surface area contributed by atoms with Crippen molar-refractivity contribution in [3.63, 3.8) is 0 Å². The van der Waals surface area contributed by atoms with E-state index >= 15 is 0 Å². The zero-order valence-electron chi connectivity index (χ0n) is 11.2. The summed E-state index contributed by atoms with van der Waals surface area (Å²) in [6.07, 6.45) is 0.0490. The second kappa shape index (κ2) is 6.63. The lowest BCUT2D eigenvalue weighted by atomic mass is 10.1. The van der Waals surface area contributed by atoms with Crippen molar-refractivity contribution in [3.05, 3.63) is 52.5 Å². The Balaban J connectivity index is 1.64. The first-order chi connectivity index (χ1) is 10.7. The van der Waals surface area contributed by atoms with Crippen LogP contribution in [0.5, 0.6) is 0 Å².